The Morgan fingerprint density at radius 2 is 2.20 bits per heavy atom. The summed E-state index contributed by atoms with van der Waals surface area (Å²) in [6, 6.07) is 7.32. The fourth-order valence-electron chi connectivity index (χ4n) is 1.86. The molecular weight excluding hydrogens is 278 g/mol. The van der Waals surface area contributed by atoms with E-state index < -0.39 is 0 Å². The number of hydrogen-bond donors (Lipinski definition) is 0. The van der Waals surface area contributed by atoms with Gasteiger partial charge in [-0.3, -0.25) is 4.98 Å². The van der Waals surface area contributed by atoms with Crippen LogP contribution in [0.25, 0.3) is 10.9 Å². The molecule has 1 aromatic carbocycles. The highest BCUT2D eigenvalue weighted by molar-refractivity contribution is 6.35. The van der Waals surface area contributed by atoms with Crippen LogP contribution in [0, 0.1) is 0 Å². The van der Waals surface area contributed by atoms with Gasteiger partial charge in [-0.25, -0.2) is 0 Å². The molecule has 0 aliphatic rings. The monoisotopic (exact) mass is 289 g/mol. The van der Waals surface area contributed by atoms with E-state index >= 15 is 0 Å². The number of pyridine rings is 1. The second-order valence-corrected chi connectivity index (χ2v) is 4.60. The molecule has 2 aromatic heterocycles. The Hall–Kier alpha value is -2.14. The third-order valence-corrected chi connectivity index (χ3v) is 3.18. The van der Waals surface area contributed by atoms with Crippen LogP contribution in [-0.4, -0.2) is 15.1 Å². The highest BCUT2D eigenvalue weighted by atomic mass is 35.5. The van der Waals surface area contributed by atoms with Crippen LogP contribution in [0.3, 0.4) is 0 Å². The number of rotatable bonds is 4. The molecule has 0 saturated heterocycles. The molecule has 2 heterocycles. The number of nitrogens with zero attached hydrogens (tertiary/aromatic N) is 3. The number of fused-ring (bicyclic) bond motifs is 1. The average molecular weight is 290 g/mol. The molecule has 0 radical (unpaired) electrons. The average Bonchev–Trinajstić information content (AvgIpc) is 2.95. The van der Waals surface area contributed by atoms with Crippen LogP contribution in [0.15, 0.2) is 35.0 Å². The van der Waals surface area contributed by atoms with Gasteiger partial charge in [0.25, 0.3) is 0 Å². The number of aromatic nitrogens is 3. The largest absolute Gasteiger partial charge is 0.483 e. The molecular formula is C14H12ClN3O2. The first-order chi connectivity index (χ1) is 9.78. The fourth-order valence-corrected chi connectivity index (χ4v) is 2.08. The number of hydrogen-bond acceptors (Lipinski definition) is 5. The standard InChI is InChI=1S/C14H12ClN3O2/c1-2-13-17-12(18-20-13)8-19-11-6-5-10(15)9-4-3-7-16-14(9)11/h3-7H,2,8H2,1H3. The van der Waals surface area contributed by atoms with E-state index in [2.05, 4.69) is 15.1 Å². The predicted octanol–water partition coefficient (Wildman–Crippen LogP) is 3.41. The van der Waals surface area contributed by atoms with Crippen molar-refractivity contribution in [1.82, 2.24) is 15.1 Å². The zero-order valence-electron chi connectivity index (χ0n) is 10.8. The lowest BCUT2D eigenvalue weighted by atomic mass is 10.2. The number of aryl methyl sites for hydroxylation is 1. The SMILES string of the molecule is CCc1nc(COc2ccc(Cl)c3cccnc23)no1. The van der Waals surface area contributed by atoms with Gasteiger partial charge < -0.3 is 9.26 Å². The van der Waals surface area contributed by atoms with Gasteiger partial charge in [0.2, 0.25) is 11.7 Å². The smallest absolute Gasteiger partial charge is 0.226 e. The van der Waals surface area contributed by atoms with E-state index in [9.17, 15) is 0 Å². The maximum atomic E-state index is 6.13. The maximum Gasteiger partial charge on any atom is 0.226 e. The van der Waals surface area contributed by atoms with Crippen LogP contribution in [-0.2, 0) is 13.0 Å². The first-order valence-electron chi connectivity index (χ1n) is 6.25. The van der Waals surface area contributed by atoms with E-state index in [0.29, 0.717) is 28.9 Å². The molecule has 0 N–H and O–H groups in total. The highest BCUT2D eigenvalue weighted by Gasteiger charge is 2.09. The van der Waals surface area contributed by atoms with Gasteiger partial charge >= 0.3 is 0 Å². The molecule has 0 amide bonds. The van der Waals surface area contributed by atoms with Crippen molar-refractivity contribution in [2.75, 3.05) is 0 Å². The third kappa shape index (κ3) is 2.44. The Labute approximate surface area is 120 Å². The van der Waals surface area contributed by atoms with Gasteiger partial charge in [-0.2, -0.15) is 4.98 Å². The first kappa shape index (κ1) is 12.9. The second-order valence-electron chi connectivity index (χ2n) is 4.19. The molecule has 3 rings (SSSR count). The Morgan fingerprint density at radius 1 is 1.30 bits per heavy atom. The van der Waals surface area contributed by atoms with Crippen LogP contribution in [0.2, 0.25) is 5.02 Å². The molecule has 0 saturated carbocycles. The van der Waals surface area contributed by atoms with Gasteiger partial charge in [-0.05, 0) is 24.3 Å². The van der Waals surface area contributed by atoms with Gasteiger partial charge in [0, 0.05) is 18.0 Å². The van der Waals surface area contributed by atoms with Crippen LogP contribution in [0.1, 0.15) is 18.6 Å². The van der Waals surface area contributed by atoms with Crippen LogP contribution in [0.5, 0.6) is 5.75 Å². The van der Waals surface area contributed by atoms with E-state index in [1.165, 1.54) is 0 Å². The van der Waals surface area contributed by atoms with E-state index in [-0.39, 0.29) is 6.61 Å². The molecule has 3 aromatic rings. The van der Waals surface area contributed by atoms with Crippen molar-refractivity contribution in [2.45, 2.75) is 20.0 Å². The molecule has 6 heteroatoms. The Balaban J connectivity index is 1.86. The topological polar surface area (TPSA) is 61.0 Å². The Bertz CT molecular complexity index is 742. The summed E-state index contributed by atoms with van der Waals surface area (Å²) in [7, 11) is 0. The van der Waals surface area contributed by atoms with Crippen molar-refractivity contribution in [2.24, 2.45) is 0 Å². The summed E-state index contributed by atoms with van der Waals surface area (Å²) in [5.41, 5.74) is 0.721. The molecule has 0 bridgehead atoms. The second kappa shape index (κ2) is 5.46. The molecule has 102 valence electrons. The molecule has 20 heavy (non-hydrogen) atoms. The van der Waals surface area contributed by atoms with Gasteiger partial charge in [-0.15, -0.1) is 0 Å². The summed E-state index contributed by atoms with van der Waals surface area (Å²) >= 11 is 6.13. The minimum Gasteiger partial charge on any atom is -0.483 e. The van der Waals surface area contributed by atoms with Crippen molar-refractivity contribution >= 4 is 22.5 Å². The number of halogens is 1. The van der Waals surface area contributed by atoms with Crippen LogP contribution < -0.4 is 4.74 Å². The Morgan fingerprint density at radius 3 is 3.00 bits per heavy atom. The van der Waals surface area contributed by atoms with E-state index in [0.717, 1.165) is 10.9 Å². The van der Waals surface area contributed by atoms with E-state index in [1.54, 1.807) is 18.3 Å². The molecule has 0 spiro atoms. The molecule has 0 aliphatic heterocycles. The van der Waals surface area contributed by atoms with Crippen molar-refractivity contribution < 1.29 is 9.26 Å². The van der Waals surface area contributed by atoms with Gasteiger partial charge in [0.15, 0.2) is 6.61 Å². The van der Waals surface area contributed by atoms with Gasteiger partial charge in [0.1, 0.15) is 11.3 Å². The summed E-state index contributed by atoms with van der Waals surface area (Å²) in [6.45, 7) is 2.19. The molecule has 0 fully saturated rings. The summed E-state index contributed by atoms with van der Waals surface area (Å²) in [5, 5.41) is 5.34. The summed E-state index contributed by atoms with van der Waals surface area (Å²) in [5.74, 6) is 1.76. The zero-order chi connectivity index (χ0) is 13.9. The van der Waals surface area contributed by atoms with Crippen molar-refractivity contribution in [3.05, 3.63) is 47.2 Å². The lowest BCUT2D eigenvalue weighted by Crippen LogP contribution is -1.99. The lowest BCUT2D eigenvalue weighted by Gasteiger charge is -2.07. The quantitative estimate of drug-likeness (QED) is 0.736. The van der Waals surface area contributed by atoms with Crippen molar-refractivity contribution in [3.8, 4) is 5.75 Å². The molecule has 5 nitrogen and oxygen atoms in total. The summed E-state index contributed by atoms with van der Waals surface area (Å²) in [6.07, 6.45) is 2.41. The van der Waals surface area contributed by atoms with Crippen LogP contribution in [0.4, 0.5) is 0 Å². The van der Waals surface area contributed by atoms with Crippen molar-refractivity contribution in [3.63, 3.8) is 0 Å². The van der Waals surface area contributed by atoms with E-state index in [4.69, 9.17) is 20.9 Å². The van der Waals surface area contributed by atoms with Gasteiger partial charge in [0.05, 0.1) is 5.02 Å². The summed E-state index contributed by atoms with van der Waals surface area (Å²) in [4.78, 5) is 8.49. The third-order valence-electron chi connectivity index (χ3n) is 2.85. The number of ether oxygens (including phenoxy) is 1. The predicted molar refractivity (Wildman–Crippen MR) is 74.8 cm³/mol. The highest BCUT2D eigenvalue weighted by Crippen LogP contribution is 2.29. The maximum absolute atomic E-state index is 6.13. The summed E-state index contributed by atoms with van der Waals surface area (Å²) < 4.78 is 10.7. The minimum atomic E-state index is 0.233. The normalized spacial score (nSPS) is 10.9. The number of benzene rings is 1. The molecule has 0 unspecified atom stereocenters. The lowest BCUT2D eigenvalue weighted by molar-refractivity contribution is 0.288. The Kier molecular flexibility index (Phi) is 3.52. The minimum absolute atomic E-state index is 0.233. The first-order valence-corrected chi connectivity index (χ1v) is 6.63. The fraction of sp³-hybridized carbons (Fsp3) is 0.214. The zero-order valence-corrected chi connectivity index (χ0v) is 11.6. The molecule has 0 atom stereocenters. The van der Waals surface area contributed by atoms with Crippen LogP contribution >= 0.6 is 11.6 Å². The van der Waals surface area contributed by atoms with Gasteiger partial charge in [-0.1, -0.05) is 23.7 Å². The van der Waals surface area contributed by atoms with E-state index in [1.807, 2.05) is 19.1 Å². The molecule has 0 aliphatic carbocycles. The van der Waals surface area contributed by atoms with Crippen molar-refractivity contribution in [1.29, 1.82) is 0 Å².